The van der Waals surface area contributed by atoms with Crippen molar-refractivity contribution in [3.63, 3.8) is 0 Å². The molecular formula is C17H30N2O3. The van der Waals surface area contributed by atoms with E-state index in [2.05, 4.69) is 24.5 Å². The molecule has 0 heterocycles. The van der Waals surface area contributed by atoms with Crippen molar-refractivity contribution in [3.8, 4) is 0 Å². The molecule has 2 rings (SSSR count). The van der Waals surface area contributed by atoms with Gasteiger partial charge >= 0.3 is 6.09 Å². The summed E-state index contributed by atoms with van der Waals surface area (Å²) in [6.07, 6.45) is 4.39. The van der Waals surface area contributed by atoms with Crippen LogP contribution in [0.4, 0.5) is 4.79 Å². The highest BCUT2D eigenvalue weighted by molar-refractivity contribution is 5.80. The second kappa shape index (κ2) is 6.09. The van der Waals surface area contributed by atoms with E-state index < -0.39 is 11.7 Å². The quantitative estimate of drug-likeness (QED) is 0.839. The Labute approximate surface area is 133 Å². The van der Waals surface area contributed by atoms with Crippen molar-refractivity contribution in [2.45, 2.75) is 83.9 Å². The van der Waals surface area contributed by atoms with Crippen molar-refractivity contribution in [1.29, 1.82) is 0 Å². The molecule has 0 aromatic rings. The molecule has 0 spiro atoms. The number of rotatable bonds is 4. The Hall–Kier alpha value is -1.26. The van der Waals surface area contributed by atoms with E-state index in [1.165, 1.54) is 12.8 Å². The van der Waals surface area contributed by atoms with Crippen molar-refractivity contribution in [1.82, 2.24) is 10.6 Å². The third-order valence-corrected chi connectivity index (χ3v) is 4.57. The van der Waals surface area contributed by atoms with Crippen LogP contribution in [0.2, 0.25) is 0 Å². The predicted octanol–water partition coefficient (Wildman–Crippen LogP) is 2.98. The number of hydrogen-bond donors (Lipinski definition) is 2. The summed E-state index contributed by atoms with van der Waals surface area (Å²) >= 11 is 0. The van der Waals surface area contributed by atoms with E-state index in [9.17, 15) is 9.59 Å². The molecule has 2 fully saturated rings. The first-order valence-corrected chi connectivity index (χ1v) is 8.38. The Bertz CT molecular complexity index is 436. The van der Waals surface area contributed by atoms with Crippen LogP contribution in [0, 0.1) is 11.8 Å². The van der Waals surface area contributed by atoms with Gasteiger partial charge in [-0.15, -0.1) is 0 Å². The molecule has 2 N–H and O–H groups in total. The summed E-state index contributed by atoms with van der Waals surface area (Å²) in [4.78, 5) is 24.2. The van der Waals surface area contributed by atoms with Gasteiger partial charge in [0.15, 0.2) is 0 Å². The maximum absolute atomic E-state index is 12.4. The van der Waals surface area contributed by atoms with Crippen LogP contribution >= 0.6 is 0 Å². The van der Waals surface area contributed by atoms with Crippen LogP contribution in [-0.4, -0.2) is 29.2 Å². The van der Waals surface area contributed by atoms with Gasteiger partial charge in [-0.3, -0.25) is 4.79 Å². The van der Waals surface area contributed by atoms with Crippen LogP contribution in [0.15, 0.2) is 0 Å². The van der Waals surface area contributed by atoms with E-state index in [0.717, 1.165) is 12.8 Å². The molecule has 2 saturated carbocycles. The topological polar surface area (TPSA) is 67.4 Å². The van der Waals surface area contributed by atoms with Gasteiger partial charge in [-0.1, -0.05) is 0 Å². The van der Waals surface area contributed by atoms with Crippen molar-refractivity contribution in [2.24, 2.45) is 11.8 Å². The van der Waals surface area contributed by atoms with Crippen molar-refractivity contribution >= 4 is 12.0 Å². The largest absolute Gasteiger partial charge is 0.444 e. The van der Waals surface area contributed by atoms with Gasteiger partial charge in [-0.25, -0.2) is 4.79 Å². The van der Waals surface area contributed by atoms with Gasteiger partial charge in [-0.05, 0) is 72.6 Å². The van der Waals surface area contributed by atoms with Crippen LogP contribution in [0.3, 0.4) is 0 Å². The average Bonchev–Trinajstić information content (AvgIpc) is 3.08. The number of amides is 2. The van der Waals surface area contributed by atoms with Gasteiger partial charge in [0.1, 0.15) is 5.60 Å². The number of alkyl carbamates (subject to hydrolysis) is 1. The number of carbonyl (C=O) groups is 2. The van der Waals surface area contributed by atoms with E-state index in [-0.39, 0.29) is 23.4 Å². The van der Waals surface area contributed by atoms with Gasteiger partial charge in [0.05, 0.1) is 0 Å². The van der Waals surface area contributed by atoms with Crippen molar-refractivity contribution in [2.75, 3.05) is 0 Å². The maximum atomic E-state index is 12.4. The van der Waals surface area contributed by atoms with E-state index >= 15 is 0 Å². The summed E-state index contributed by atoms with van der Waals surface area (Å²) in [5.74, 6) is 0.747. The zero-order valence-electron chi connectivity index (χ0n) is 14.5. The fourth-order valence-corrected chi connectivity index (χ4v) is 3.15. The van der Waals surface area contributed by atoms with E-state index in [4.69, 9.17) is 4.74 Å². The van der Waals surface area contributed by atoms with Gasteiger partial charge < -0.3 is 15.4 Å². The molecule has 5 heteroatoms. The molecule has 0 radical (unpaired) electrons. The Morgan fingerprint density at radius 2 is 1.64 bits per heavy atom. The predicted molar refractivity (Wildman–Crippen MR) is 85.4 cm³/mol. The highest BCUT2D eigenvalue weighted by atomic mass is 16.6. The first kappa shape index (κ1) is 17.1. The van der Waals surface area contributed by atoms with Crippen LogP contribution in [-0.2, 0) is 9.53 Å². The molecule has 22 heavy (non-hydrogen) atoms. The zero-order valence-corrected chi connectivity index (χ0v) is 14.5. The maximum Gasteiger partial charge on any atom is 0.407 e. The molecular weight excluding hydrogens is 280 g/mol. The molecule has 0 aromatic heterocycles. The Balaban J connectivity index is 1.77. The number of hydrogen-bond acceptors (Lipinski definition) is 3. The zero-order chi connectivity index (χ0) is 16.5. The van der Waals surface area contributed by atoms with Crippen molar-refractivity contribution in [3.05, 3.63) is 0 Å². The minimum atomic E-state index is -0.492. The lowest BCUT2D eigenvalue weighted by atomic mass is 9.96. The Morgan fingerprint density at radius 3 is 2.18 bits per heavy atom. The molecule has 0 saturated heterocycles. The van der Waals surface area contributed by atoms with Crippen molar-refractivity contribution < 1.29 is 14.3 Å². The molecule has 0 unspecified atom stereocenters. The molecule has 2 amide bonds. The Kier molecular flexibility index (Phi) is 4.73. The van der Waals surface area contributed by atoms with E-state index in [1.807, 2.05) is 20.8 Å². The number of ether oxygens (including phenoxy) is 1. The minimum absolute atomic E-state index is 0.00189. The van der Waals surface area contributed by atoms with Gasteiger partial charge in [0.2, 0.25) is 5.91 Å². The van der Waals surface area contributed by atoms with Gasteiger partial charge in [0.25, 0.3) is 0 Å². The average molecular weight is 310 g/mol. The van der Waals surface area contributed by atoms with Crippen LogP contribution in [0.1, 0.15) is 66.7 Å². The van der Waals surface area contributed by atoms with Crippen LogP contribution in [0.5, 0.6) is 0 Å². The molecule has 2 atom stereocenters. The number of nitrogens with one attached hydrogen (secondary N) is 2. The second-order valence-electron chi connectivity index (χ2n) is 8.34. The molecule has 0 bridgehead atoms. The monoisotopic (exact) mass is 310 g/mol. The lowest BCUT2D eigenvalue weighted by molar-refractivity contribution is -0.126. The summed E-state index contributed by atoms with van der Waals surface area (Å²) in [5.41, 5.74) is -0.596. The minimum Gasteiger partial charge on any atom is -0.444 e. The lowest BCUT2D eigenvalue weighted by Gasteiger charge is -2.28. The number of carbonyl (C=O) groups excluding carboxylic acids is 2. The van der Waals surface area contributed by atoms with Gasteiger partial charge in [-0.2, -0.15) is 0 Å². The molecule has 2 aliphatic carbocycles. The summed E-state index contributed by atoms with van der Waals surface area (Å²) in [6, 6.07) is 0.0367. The molecule has 126 valence electrons. The van der Waals surface area contributed by atoms with E-state index in [1.54, 1.807) is 0 Å². The fraction of sp³-hybridized carbons (Fsp3) is 0.882. The smallest absolute Gasteiger partial charge is 0.407 e. The summed E-state index contributed by atoms with van der Waals surface area (Å²) < 4.78 is 5.27. The summed E-state index contributed by atoms with van der Waals surface area (Å²) in [7, 11) is 0. The van der Waals surface area contributed by atoms with E-state index in [0.29, 0.717) is 12.3 Å². The summed E-state index contributed by atoms with van der Waals surface area (Å²) in [5, 5.41) is 6.07. The van der Waals surface area contributed by atoms with Gasteiger partial charge in [0, 0.05) is 17.5 Å². The second-order valence-corrected chi connectivity index (χ2v) is 8.34. The van der Waals surface area contributed by atoms with Crippen LogP contribution in [0.25, 0.3) is 0 Å². The molecule has 0 aliphatic heterocycles. The third kappa shape index (κ3) is 4.89. The third-order valence-electron chi connectivity index (χ3n) is 4.57. The lowest BCUT2D eigenvalue weighted by Crippen LogP contribution is -2.47. The highest BCUT2D eigenvalue weighted by Gasteiger charge is 2.41. The normalized spacial score (nSPS) is 25.7. The first-order valence-electron chi connectivity index (χ1n) is 8.38. The molecule has 2 aliphatic rings. The molecule has 0 aromatic carbocycles. The highest BCUT2D eigenvalue weighted by Crippen LogP contribution is 2.39. The van der Waals surface area contributed by atoms with Crippen LogP contribution < -0.4 is 10.6 Å². The Morgan fingerprint density at radius 1 is 1.00 bits per heavy atom. The fourth-order valence-electron chi connectivity index (χ4n) is 3.15. The standard InChI is InChI=1S/C17H30N2O3/c1-16(2,3)22-15(21)18-13-9-6-11(10-13)14(20)19-17(4,5)12-7-8-12/h11-13H,6-10H2,1-5H3,(H,18,21)(H,19,20)/t11-,13+/m1/s1. The SMILES string of the molecule is CC(C)(C)OC(=O)N[C@H]1CC[C@@H](C(=O)NC(C)(C)C2CC2)C1. The first-order chi connectivity index (χ1) is 10.1. The molecule has 5 nitrogen and oxygen atoms in total. The summed E-state index contributed by atoms with van der Waals surface area (Å²) in [6.45, 7) is 9.74.